The van der Waals surface area contributed by atoms with E-state index in [2.05, 4.69) is 20.2 Å². The molecule has 0 aliphatic carbocycles. The number of rotatable bonds is 12. The van der Waals surface area contributed by atoms with Crippen LogP contribution in [0.1, 0.15) is 32.1 Å². The monoisotopic (exact) mass is 319 g/mol. The minimum Gasteiger partial charge on any atom is -0.468 e. The van der Waals surface area contributed by atoms with Gasteiger partial charge < -0.3 is 20.2 Å². The Morgan fingerprint density at radius 1 is 1.05 bits per heavy atom. The van der Waals surface area contributed by atoms with E-state index < -0.39 is 11.1 Å². The van der Waals surface area contributed by atoms with Crippen molar-refractivity contribution in [2.75, 3.05) is 26.8 Å². The molecule has 0 heterocycles. The first-order valence-electron chi connectivity index (χ1n) is 6.83. The maximum absolute atomic E-state index is 11.4. The van der Waals surface area contributed by atoms with E-state index in [1.807, 2.05) is 0 Å². The molecule has 0 fully saturated rings. The number of hydrogen-bond donors (Lipinski definition) is 2. The smallest absolute Gasteiger partial charge is 0.325 e. The Morgan fingerprint density at radius 3 is 2.36 bits per heavy atom. The topological polar surface area (TPSA) is 137 Å². The molecule has 0 saturated carbocycles. The van der Waals surface area contributed by atoms with Crippen molar-refractivity contribution in [3.63, 3.8) is 0 Å². The lowest BCUT2D eigenvalue weighted by Gasteiger charge is -2.06. The second-order valence-corrected chi connectivity index (χ2v) is 4.32. The molecule has 2 amide bonds. The van der Waals surface area contributed by atoms with Crippen molar-refractivity contribution in [3.05, 3.63) is 10.1 Å². The van der Waals surface area contributed by atoms with Crippen molar-refractivity contribution in [1.29, 1.82) is 0 Å². The predicted octanol–water partition coefficient (Wildman–Crippen LogP) is -0.449. The molecule has 22 heavy (non-hydrogen) atoms. The van der Waals surface area contributed by atoms with Crippen LogP contribution in [0.15, 0.2) is 0 Å². The largest absolute Gasteiger partial charge is 0.468 e. The summed E-state index contributed by atoms with van der Waals surface area (Å²) in [6.45, 7) is 0.000752. The summed E-state index contributed by atoms with van der Waals surface area (Å²) in [4.78, 5) is 47.5. The van der Waals surface area contributed by atoms with Gasteiger partial charge in [-0.1, -0.05) is 6.42 Å². The molecular formula is C12H21N3O7. The number of amides is 2. The maximum Gasteiger partial charge on any atom is 0.325 e. The summed E-state index contributed by atoms with van der Waals surface area (Å²) in [7, 11) is 1.22. The van der Waals surface area contributed by atoms with Crippen LogP contribution in [-0.4, -0.2) is 49.7 Å². The lowest BCUT2D eigenvalue weighted by molar-refractivity contribution is -0.757. The van der Waals surface area contributed by atoms with Gasteiger partial charge in [0.25, 0.3) is 5.09 Å². The fourth-order valence-corrected chi connectivity index (χ4v) is 1.44. The molecule has 0 bridgehead atoms. The van der Waals surface area contributed by atoms with Crippen molar-refractivity contribution in [3.8, 4) is 0 Å². The molecule has 10 heteroatoms. The van der Waals surface area contributed by atoms with Crippen LogP contribution in [0, 0.1) is 10.1 Å². The predicted molar refractivity (Wildman–Crippen MR) is 74.1 cm³/mol. The van der Waals surface area contributed by atoms with Crippen LogP contribution in [0.3, 0.4) is 0 Å². The van der Waals surface area contributed by atoms with Crippen LogP contribution in [0.4, 0.5) is 0 Å². The molecule has 0 unspecified atom stereocenters. The summed E-state index contributed by atoms with van der Waals surface area (Å²) < 4.78 is 4.36. The Morgan fingerprint density at radius 2 is 1.73 bits per heavy atom. The van der Waals surface area contributed by atoms with Crippen LogP contribution in [0.25, 0.3) is 0 Å². The van der Waals surface area contributed by atoms with E-state index in [4.69, 9.17) is 0 Å². The number of carbonyl (C=O) groups is 3. The van der Waals surface area contributed by atoms with Gasteiger partial charge in [-0.2, -0.15) is 0 Å². The van der Waals surface area contributed by atoms with Gasteiger partial charge in [-0.05, 0) is 12.8 Å². The highest BCUT2D eigenvalue weighted by molar-refractivity contribution is 5.82. The van der Waals surface area contributed by atoms with E-state index >= 15 is 0 Å². The minimum absolute atomic E-state index is 0.0228. The van der Waals surface area contributed by atoms with Crippen molar-refractivity contribution in [2.45, 2.75) is 32.1 Å². The fourth-order valence-electron chi connectivity index (χ4n) is 1.44. The second-order valence-electron chi connectivity index (χ2n) is 4.32. The maximum atomic E-state index is 11.4. The van der Waals surface area contributed by atoms with Gasteiger partial charge in [-0.25, -0.2) is 0 Å². The summed E-state index contributed by atoms with van der Waals surface area (Å²) in [5.41, 5.74) is 0. The van der Waals surface area contributed by atoms with Crippen molar-refractivity contribution in [1.82, 2.24) is 10.6 Å². The lowest BCUT2D eigenvalue weighted by Crippen LogP contribution is -2.33. The zero-order valence-electron chi connectivity index (χ0n) is 12.5. The van der Waals surface area contributed by atoms with Crippen LogP contribution in [0.2, 0.25) is 0 Å². The standard InChI is InChI=1S/C12H21N3O7/c1-21-12(18)9-14-11(17)6-7-13-10(16)5-3-2-4-8-22-15(19)20/h2-9H2,1H3,(H,13,16)(H,14,17). The summed E-state index contributed by atoms with van der Waals surface area (Å²) in [6.07, 6.45) is 2.08. The summed E-state index contributed by atoms with van der Waals surface area (Å²) in [5, 5.41) is 13.9. The molecule has 0 atom stereocenters. The number of esters is 1. The quantitative estimate of drug-likeness (QED) is 0.215. The Bertz CT molecular complexity index is 387. The Hall–Kier alpha value is -2.39. The summed E-state index contributed by atoms with van der Waals surface area (Å²) in [6, 6.07) is 0. The Kier molecular flexibility index (Phi) is 11.0. The molecular weight excluding hydrogens is 298 g/mol. The highest BCUT2D eigenvalue weighted by atomic mass is 16.9. The van der Waals surface area contributed by atoms with Gasteiger partial charge >= 0.3 is 5.97 Å². The van der Waals surface area contributed by atoms with Crippen LogP contribution in [0.5, 0.6) is 0 Å². The molecule has 0 rings (SSSR count). The van der Waals surface area contributed by atoms with Crippen molar-refractivity contribution < 1.29 is 29.0 Å². The molecule has 10 nitrogen and oxygen atoms in total. The summed E-state index contributed by atoms with van der Waals surface area (Å²) in [5.74, 6) is -1.10. The first kappa shape index (κ1) is 19.6. The van der Waals surface area contributed by atoms with Gasteiger partial charge in [0.15, 0.2) is 0 Å². The highest BCUT2D eigenvalue weighted by Gasteiger charge is 2.06. The van der Waals surface area contributed by atoms with Crippen LogP contribution >= 0.6 is 0 Å². The molecule has 0 saturated heterocycles. The van der Waals surface area contributed by atoms with Gasteiger partial charge in [0.05, 0.1) is 13.7 Å². The molecule has 0 aliphatic rings. The number of carbonyl (C=O) groups excluding carboxylic acids is 3. The summed E-state index contributed by atoms with van der Waals surface area (Å²) >= 11 is 0. The molecule has 126 valence electrons. The van der Waals surface area contributed by atoms with Gasteiger partial charge in [0, 0.05) is 19.4 Å². The number of nitrogens with one attached hydrogen (secondary N) is 2. The first-order chi connectivity index (χ1) is 10.5. The van der Waals surface area contributed by atoms with Crippen LogP contribution in [-0.2, 0) is 24.0 Å². The van der Waals surface area contributed by atoms with E-state index in [9.17, 15) is 24.5 Å². The SMILES string of the molecule is COC(=O)CNC(=O)CCNC(=O)CCCCCO[N+](=O)[O-]. The van der Waals surface area contributed by atoms with Crippen LogP contribution < -0.4 is 10.6 Å². The van der Waals surface area contributed by atoms with E-state index in [-0.39, 0.29) is 44.4 Å². The van der Waals surface area contributed by atoms with Gasteiger partial charge in [-0.15, -0.1) is 10.1 Å². The third kappa shape index (κ3) is 12.6. The number of hydrogen-bond acceptors (Lipinski definition) is 7. The van der Waals surface area contributed by atoms with E-state index in [0.29, 0.717) is 19.3 Å². The third-order valence-electron chi connectivity index (χ3n) is 2.58. The molecule has 2 N–H and O–H groups in total. The Labute approximate surface area is 127 Å². The van der Waals surface area contributed by atoms with Crippen molar-refractivity contribution >= 4 is 17.8 Å². The average molecular weight is 319 g/mol. The first-order valence-corrected chi connectivity index (χ1v) is 6.83. The van der Waals surface area contributed by atoms with Gasteiger partial charge in [-0.3, -0.25) is 14.4 Å². The van der Waals surface area contributed by atoms with E-state index in [1.165, 1.54) is 7.11 Å². The number of methoxy groups -OCH3 is 1. The number of nitrogens with zero attached hydrogens (tertiary/aromatic N) is 1. The highest BCUT2D eigenvalue weighted by Crippen LogP contribution is 2.00. The average Bonchev–Trinajstić information content (AvgIpc) is 2.47. The molecule has 0 aromatic carbocycles. The molecule has 0 aliphatic heterocycles. The fraction of sp³-hybridized carbons (Fsp3) is 0.750. The zero-order chi connectivity index (χ0) is 16.8. The van der Waals surface area contributed by atoms with E-state index in [1.54, 1.807) is 0 Å². The van der Waals surface area contributed by atoms with E-state index in [0.717, 1.165) is 0 Å². The second kappa shape index (κ2) is 12.4. The lowest BCUT2D eigenvalue weighted by atomic mass is 10.2. The van der Waals surface area contributed by atoms with Gasteiger partial charge in [0.2, 0.25) is 11.8 Å². The molecule has 0 spiro atoms. The Balaban J connectivity index is 3.47. The number of unbranched alkanes of at least 4 members (excludes halogenated alkanes) is 2. The normalized spacial score (nSPS) is 9.68. The van der Waals surface area contributed by atoms with Gasteiger partial charge in [0.1, 0.15) is 6.54 Å². The molecule has 0 aromatic rings. The molecule has 0 radical (unpaired) electrons. The third-order valence-corrected chi connectivity index (χ3v) is 2.58. The minimum atomic E-state index is -0.849. The number of ether oxygens (including phenoxy) is 1. The zero-order valence-corrected chi connectivity index (χ0v) is 12.5. The van der Waals surface area contributed by atoms with Crippen molar-refractivity contribution in [2.24, 2.45) is 0 Å². The molecule has 0 aromatic heterocycles.